The molecule has 3 heteroatoms. The lowest BCUT2D eigenvalue weighted by molar-refractivity contribution is 0.231. The van der Waals surface area contributed by atoms with Crippen LogP contribution in [0.15, 0.2) is 54.9 Å². The van der Waals surface area contributed by atoms with Gasteiger partial charge in [0.25, 0.3) is 0 Å². The highest BCUT2D eigenvalue weighted by molar-refractivity contribution is 5.71. The summed E-state index contributed by atoms with van der Waals surface area (Å²) in [6, 6.07) is 5.96. The van der Waals surface area contributed by atoms with Crippen molar-refractivity contribution in [3.63, 3.8) is 0 Å². The van der Waals surface area contributed by atoms with E-state index in [1.165, 1.54) is 32.4 Å². The second-order valence-electron chi connectivity index (χ2n) is 5.65. The van der Waals surface area contributed by atoms with Crippen LogP contribution in [0.25, 0.3) is 5.57 Å². The molecule has 1 aromatic rings. The first kappa shape index (κ1) is 16.5. The Morgan fingerprint density at radius 1 is 1.32 bits per heavy atom. The standard InChI is InChI=1S/C19H27N3.H2/c1-3-18(19-9-5-6-12-21-19)11-10-17(2)20-13-16-22-14-7-4-8-15-22;/h3,5-6,9-12,20H,2,4,7-8,13-16H2,1H3;1H/b11-10-,18-3+;. The third kappa shape index (κ3) is 5.49. The summed E-state index contributed by atoms with van der Waals surface area (Å²) in [5.41, 5.74) is 3.05. The highest BCUT2D eigenvalue weighted by Gasteiger charge is 2.08. The zero-order chi connectivity index (χ0) is 15.6. The average molecular weight is 299 g/mol. The first-order valence-corrected chi connectivity index (χ1v) is 8.20. The van der Waals surface area contributed by atoms with E-state index in [0.29, 0.717) is 0 Å². The molecule has 120 valence electrons. The van der Waals surface area contributed by atoms with Gasteiger partial charge in [0.15, 0.2) is 0 Å². The third-order valence-corrected chi connectivity index (χ3v) is 3.96. The van der Waals surface area contributed by atoms with Gasteiger partial charge < -0.3 is 10.2 Å². The molecule has 1 aliphatic heterocycles. The van der Waals surface area contributed by atoms with Crippen molar-refractivity contribution >= 4 is 5.57 Å². The summed E-state index contributed by atoms with van der Waals surface area (Å²) in [4.78, 5) is 6.90. The topological polar surface area (TPSA) is 28.2 Å². The molecule has 1 fully saturated rings. The second-order valence-corrected chi connectivity index (χ2v) is 5.65. The van der Waals surface area contributed by atoms with Crippen LogP contribution >= 0.6 is 0 Å². The van der Waals surface area contributed by atoms with Crippen molar-refractivity contribution in [2.75, 3.05) is 26.2 Å². The summed E-state index contributed by atoms with van der Waals surface area (Å²) in [6.07, 6.45) is 12.1. The van der Waals surface area contributed by atoms with E-state index in [4.69, 9.17) is 0 Å². The van der Waals surface area contributed by atoms with Gasteiger partial charge in [0.1, 0.15) is 0 Å². The number of pyridine rings is 1. The number of aromatic nitrogens is 1. The van der Waals surface area contributed by atoms with Crippen molar-refractivity contribution in [2.24, 2.45) is 0 Å². The van der Waals surface area contributed by atoms with Gasteiger partial charge in [-0.1, -0.05) is 31.2 Å². The van der Waals surface area contributed by atoms with Gasteiger partial charge in [-0.05, 0) is 56.6 Å². The van der Waals surface area contributed by atoms with E-state index in [9.17, 15) is 0 Å². The molecule has 2 rings (SSSR count). The highest BCUT2D eigenvalue weighted by Crippen LogP contribution is 2.13. The number of hydrogen-bond acceptors (Lipinski definition) is 3. The summed E-state index contributed by atoms with van der Waals surface area (Å²) < 4.78 is 0. The Bertz CT molecular complexity index is 517. The molecule has 0 saturated carbocycles. The molecule has 0 aliphatic carbocycles. The van der Waals surface area contributed by atoms with Crippen LogP contribution < -0.4 is 5.32 Å². The summed E-state index contributed by atoms with van der Waals surface area (Å²) in [5.74, 6) is 0. The summed E-state index contributed by atoms with van der Waals surface area (Å²) >= 11 is 0. The van der Waals surface area contributed by atoms with Gasteiger partial charge in [0.05, 0.1) is 5.69 Å². The van der Waals surface area contributed by atoms with Crippen molar-refractivity contribution in [1.82, 2.24) is 15.2 Å². The minimum Gasteiger partial charge on any atom is -0.384 e. The smallest absolute Gasteiger partial charge is 0.0698 e. The molecule has 0 spiro atoms. The molecule has 0 radical (unpaired) electrons. The van der Waals surface area contributed by atoms with Crippen LogP contribution in [0.3, 0.4) is 0 Å². The molecular formula is C19H29N3. The monoisotopic (exact) mass is 299 g/mol. The zero-order valence-electron chi connectivity index (χ0n) is 13.6. The highest BCUT2D eigenvalue weighted by atomic mass is 15.1. The quantitative estimate of drug-likeness (QED) is 0.775. The van der Waals surface area contributed by atoms with Crippen LogP contribution in [0.1, 0.15) is 33.3 Å². The first-order valence-electron chi connectivity index (χ1n) is 8.20. The molecule has 0 aromatic carbocycles. The number of allylic oxidation sites excluding steroid dienone is 4. The van der Waals surface area contributed by atoms with Crippen molar-refractivity contribution in [2.45, 2.75) is 26.2 Å². The number of piperidine rings is 1. The van der Waals surface area contributed by atoms with E-state index < -0.39 is 0 Å². The normalized spacial score (nSPS) is 16.9. The molecule has 0 atom stereocenters. The molecule has 1 saturated heterocycles. The molecule has 0 unspecified atom stereocenters. The minimum absolute atomic E-state index is 0. The Morgan fingerprint density at radius 3 is 2.82 bits per heavy atom. The van der Waals surface area contributed by atoms with E-state index in [1.807, 2.05) is 37.4 Å². The molecule has 3 nitrogen and oxygen atoms in total. The fraction of sp³-hybridized carbons (Fsp3) is 0.421. The number of nitrogens with one attached hydrogen (secondary N) is 1. The maximum absolute atomic E-state index is 4.37. The van der Waals surface area contributed by atoms with Gasteiger partial charge in [-0.3, -0.25) is 4.98 Å². The second kappa shape index (κ2) is 9.21. The Balaban J connectivity index is 0.00000264. The zero-order valence-corrected chi connectivity index (χ0v) is 13.6. The van der Waals surface area contributed by atoms with E-state index in [2.05, 4.69) is 33.9 Å². The van der Waals surface area contributed by atoms with Gasteiger partial charge in [-0.2, -0.15) is 0 Å². The van der Waals surface area contributed by atoms with Crippen molar-refractivity contribution < 1.29 is 1.43 Å². The Labute approximate surface area is 135 Å². The lowest BCUT2D eigenvalue weighted by Gasteiger charge is -2.26. The molecule has 0 bridgehead atoms. The lowest BCUT2D eigenvalue weighted by atomic mass is 10.1. The van der Waals surface area contributed by atoms with Crippen molar-refractivity contribution in [3.8, 4) is 0 Å². The fourth-order valence-electron chi connectivity index (χ4n) is 2.67. The van der Waals surface area contributed by atoms with E-state index in [1.54, 1.807) is 0 Å². The Morgan fingerprint density at radius 2 is 2.14 bits per heavy atom. The largest absolute Gasteiger partial charge is 0.384 e. The van der Waals surface area contributed by atoms with Crippen LogP contribution in [0, 0.1) is 0 Å². The number of hydrogen-bond donors (Lipinski definition) is 1. The average Bonchev–Trinajstić information content (AvgIpc) is 2.57. The predicted octanol–water partition coefficient (Wildman–Crippen LogP) is 3.88. The molecule has 0 amide bonds. The van der Waals surface area contributed by atoms with Crippen LogP contribution in [0.4, 0.5) is 0 Å². The van der Waals surface area contributed by atoms with Crippen LogP contribution in [0.2, 0.25) is 0 Å². The van der Waals surface area contributed by atoms with Gasteiger partial charge in [0, 0.05) is 26.4 Å². The maximum Gasteiger partial charge on any atom is 0.0698 e. The molecule has 22 heavy (non-hydrogen) atoms. The maximum atomic E-state index is 4.37. The van der Waals surface area contributed by atoms with Crippen LogP contribution in [-0.2, 0) is 0 Å². The molecule has 1 aromatic heterocycles. The molecule has 1 N–H and O–H groups in total. The SMILES string of the molecule is C=C(/C=C\C(=C/C)c1ccccn1)NCCN1CCCCC1.[HH]. The summed E-state index contributed by atoms with van der Waals surface area (Å²) in [7, 11) is 0. The summed E-state index contributed by atoms with van der Waals surface area (Å²) in [6.45, 7) is 10.6. The molecular weight excluding hydrogens is 270 g/mol. The number of likely N-dealkylation sites (tertiary alicyclic amines) is 1. The van der Waals surface area contributed by atoms with Gasteiger partial charge in [-0.15, -0.1) is 0 Å². The van der Waals surface area contributed by atoms with Gasteiger partial charge in [0.2, 0.25) is 0 Å². The first-order chi connectivity index (χ1) is 10.8. The van der Waals surface area contributed by atoms with Crippen LogP contribution in [0.5, 0.6) is 0 Å². The predicted molar refractivity (Wildman–Crippen MR) is 96.6 cm³/mol. The fourth-order valence-corrected chi connectivity index (χ4v) is 2.67. The van der Waals surface area contributed by atoms with Crippen molar-refractivity contribution in [1.29, 1.82) is 0 Å². The lowest BCUT2D eigenvalue weighted by Crippen LogP contribution is -2.35. The van der Waals surface area contributed by atoms with Gasteiger partial charge >= 0.3 is 0 Å². The number of nitrogens with zero attached hydrogens (tertiary/aromatic N) is 2. The molecule has 1 aliphatic rings. The minimum atomic E-state index is 0. The van der Waals surface area contributed by atoms with Gasteiger partial charge in [-0.25, -0.2) is 0 Å². The van der Waals surface area contributed by atoms with E-state index >= 15 is 0 Å². The number of rotatable bonds is 7. The van der Waals surface area contributed by atoms with Crippen LogP contribution in [-0.4, -0.2) is 36.1 Å². The Kier molecular flexibility index (Phi) is 6.91. The summed E-state index contributed by atoms with van der Waals surface area (Å²) in [5, 5.41) is 3.39. The Hall–Kier alpha value is -1.87. The van der Waals surface area contributed by atoms with Crippen molar-refractivity contribution in [3.05, 3.63) is 60.6 Å². The third-order valence-electron chi connectivity index (χ3n) is 3.96. The molecule has 2 heterocycles. The van der Waals surface area contributed by atoms with E-state index in [-0.39, 0.29) is 1.43 Å². The van der Waals surface area contributed by atoms with E-state index in [0.717, 1.165) is 30.1 Å².